The quantitative estimate of drug-likeness (QED) is 0.355. The van der Waals surface area contributed by atoms with Crippen LogP contribution >= 0.6 is 0 Å². The summed E-state index contributed by atoms with van der Waals surface area (Å²) in [5.41, 5.74) is 0. The van der Waals surface area contributed by atoms with E-state index in [2.05, 4.69) is 29.1 Å². The number of aliphatic hydroxyl groups is 1. The third-order valence-corrected chi connectivity index (χ3v) is 4.77. The minimum Gasteiger partial charge on any atom is -0.393 e. The minimum absolute atomic E-state index is 0.0876. The molecule has 6 heteroatoms. The third-order valence-electron chi connectivity index (χ3n) is 4.77. The zero-order chi connectivity index (χ0) is 17.2. The van der Waals surface area contributed by atoms with Crippen LogP contribution in [0.3, 0.4) is 0 Å². The normalized spacial score (nSPS) is 20.4. The van der Waals surface area contributed by atoms with E-state index in [1.54, 1.807) is 0 Å². The zero-order valence-corrected chi connectivity index (χ0v) is 15.5. The molecule has 2 fully saturated rings. The van der Waals surface area contributed by atoms with Crippen LogP contribution in [-0.2, 0) is 4.74 Å². The van der Waals surface area contributed by atoms with Crippen LogP contribution in [0.2, 0.25) is 0 Å². The number of likely N-dealkylation sites (tertiary alicyclic amines) is 1. The van der Waals surface area contributed by atoms with Crippen LogP contribution in [0.25, 0.3) is 0 Å². The van der Waals surface area contributed by atoms with Crippen molar-refractivity contribution in [2.45, 2.75) is 45.1 Å². The Morgan fingerprint density at radius 3 is 2.71 bits per heavy atom. The lowest BCUT2D eigenvalue weighted by molar-refractivity contribution is 0.0824. The molecule has 1 saturated carbocycles. The standard InChI is InChI=1S/C18H36N4O2/c1-3-19-18(21(2)13-14-24-15-16-5-6-16)20-9-4-10-22-11-7-17(23)8-12-22/h16-17,23H,3-15H2,1-2H3,(H,19,20). The lowest BCUT2D eigenvalue weighted by Crippen LogP contribution is -2.41. The second-order valence-electron chi connectivity index (χ2n) is 7.10. The van der Waals surface area contributed by atoms with Crippen LogP contribution in [0.1, 0.15) is 39.0 Å². The highest BCUT2D eigenvalue weighted by molar-refractivity contribution is 5.79. The first kappa shape index (κ1) is 19.5. The maximum atomic E-state index is 9.54. The Kier molecular flexibility index (Phi) is 8.84. The van der Waals surface area contributed by atoms with Gasteiger partial charge in [0.25, 0.3) is 0 Å². The monoisotopic (exact) mass is 340 g/mol. The predicted octanol–water partition coefficient (Wildman–Crippen LogP) is 1.16. The lowest BCUT2D eigenvalue weighted by Gasteiger charge is -2.29. The van der Waals surface area contributed by atoms with E-state index in [1.165, 1.54) is 12.8 Å². The Morgan fingerprint density at radius 1 is 1.29 bits per heavy atom. The number of guanidine groups is 1. The van der Waals surface area contributed by atoms with Crippen molar-refractivity contribution in [2.24, 2.45) is 10.9 Å². The van der Waals surface area contributed by atoms with Crippen molar-refractivity contribution in [1.82, 2.24) is 15.1 Å². The highest BCUT2D eigenvalue weighted by Gasteiger charge is 2.21. The molecule has 0 atom stereocenters. The molecule has 24 heavy (non-hydrogen) atoms. The summed E-state index contributed by atoms with van der Waals surface area (Å²) in [7, 11) is 2.08. The summed E-state index contributed by atoms with van der Waals surface area (Å²) in [6.45, 7) is 9.51. The molecular formula is C18H36N4O2. The van der Waals surface area contributed by atoms with Gasteiger partial charge in [0.2, 0.25) is 0 Å². The number of rotatable bonds is 10. The molecule has 2 rings (SSSR count). The number of nitrogens with one attached hydrogen (secondary N) is 1. The van der Waals surface area contributed by atoms with Crippen LogP contribution in [0.4, 0.5) is 0 Å². The van der Waals surface area contributed by atoms with Gasteiger partial charge in [-0.25, -0.2) is 0 Å². The average Bonchev–Trinajstić information content (AvgIpc) is 3.40. The number of piperidine rings is 1. The number of aliphatic imine (C=N–C) groups is 1. The van der Waals surface area contributed by atoms with Crippen molar-refractivity contribution in [3.05, 3.63) is 0 Å². The molecule has 0 bridgehead atoms. The maximum Gasteiger partial charge on any atom is 0.193 e. The molecule has 0 aromatic heterocycles. The van der Waals surface area contributed by atoms with Crippen LogP contribution in [-0.4, -0.2) is 86.5 Å². The number of nitrogens with zero attached hydrogens (tertiary/aromatic N) is 3. The van der Waals surface area contributed by atoms with Crippen molar-refractivity contribution in [3.8, 4) is 0 Å². The topological polar surface area (TPSA) is 60.3 Å². The van der Waals surface area contributed by atoms with Crippen molar-refractivity contribution >= 4 is 5.96 Å². The molecule has 2 aliphatic rings. The van der Waals surface area contributed by atoms with E-state index in [9.17, 15) is 5.11 Å². The number of likely N-dealkylation sites (N-methyl/N-ethyl adjacent to an activating group) is 1. The number of hydrogen-bond acceptors (Lipinski definition) is 4. The van der Waals surface area contributed by atoms with Crippen LogP contribution < -0.4 is 5.32 Å². The van der Waals surface area contributed by atoms with Gasteiger partial charge in [-0.1, -0.05) is 0 Å². The Morgan fingerprint density at radius 2 is 2.04 bits per heavy atom. The summed E-state index contributed by atoms with van der Waals surface area (Å²) < 4.78 is 5.72. The summed E-state index contributed by atoms with van der Waals surface area (Å²) in [6.07, 6.45) is 5.49. The van der Waals surface area contributed by atoms with Gasteiger partial charge < -0.3 is 25.0 Å². The van der Waals surface area contributed by atoms with E-state index in [1.807, 2.05) is 0 Å². The van der Waals surface area contributed by atoms with E-state index < -0.39 is 0 Å². The van der Waals surface area contributed by atoms with Gasteiger partial charge >= 0.3 is 0 Å². The third kappa shape index (κ3) is 7.81. The van der Waals surface area contributed by atoms with Crippen LogP contribution in [0.5, 0.6) is 0 Å². The summed E-state index contributed by atoms with van der Waals surface area (Å²) in [5.74, 6) is 1.80. The smallest absolute Gasteiger partial charge is 0.193 e. The molecule has 1 saturated heterocycles. The molecular weight excluding hydrogens is 304 g/mol. The molecule has 0 aromatic carbocycles. The fourth-order valence-corrected chi connectivity index (χ4v) is 2.93. The lowest BCUT2D eigenvalue weighted by atomic mass is 10.1. The van der Waals surface area contributed by atoms with Crippen molar-refractivity contribution in [2.75, 3.05) is 59.5 Å². The fraction of sp³-hybridized carbons (Fsp3) is 0.944. The van der Waals surface area contributed by atoms with Gasteiger partial charge in [-0.15, -0.1) is 0 Å². The van der Waals surface area contributed by atoms with Crippen molar-refractivity contribution < 1.29 is 9.84 Å². The highest BCUT2D eigenvalue weighted by Crippen LogP contribution is 2.28. The number of ether oxygens (including phenoxy) is 1. The average molecular weight is 341 g/mol. The molecule has 0 unspecified atom stereocenters. The largest absolute Gasteiger partial charge is 0.393 e. The predicted molar refractivity (Wildman–Crippen MR) is 98.4 cm³/mol. The van der Waals surface area contributed by atoms with Gasteiger partial charge in [0.15, 0.2) is 5.96 Å². The van der Waals surface area contributed by atoms with E-state index in [0.717, 1.165) is 83.6 Å². The first-order chi connectivity index (χ1) is 11.7. The Bertz CT molecular complexity index is 366. The molecule has 140 valence electrons. The molecule has 6 nitrogen and oxygen atoms in total. The molecule has 2 N–H and O–H groups in total. The summed E-state index contributed by atoms with van der Waals surface area (Å²) in [5, 5.41) is 12.9. The number of hydrogen-bond donors (Lipinski definition) is 2. The van der Waals surface area contributed by atoms with Gasteiger partial charge in [-0.2, -0.15) is 0 Å². The Balaban J connectivity index is 1.60. The van der Waals surface area contributed by atoms with Gasteiger partial charge in [0, 0.05) is 46.4 Å². The van der Waals surface area contributed by atoms with Crippen LogP contribution in [0, 0.1) is 5.92 Å². The molecule has 0 radical (unpaired) electrons. The molecule has 1 aliphatic carbocycles. The van der Waals surface area contributed by atoms with Crippen molar-refractivity contribution in [1.29, 1.82) is 0 Å². The number of aliphatic hydroxyl groups excluding tert-OH is 1. The van der Waals surface area contributed by atoms with E-state index in [0.29, 0.717) is 0 Å². The summed E-state index contributed by atoms with van der Waals surface area (Å²) in [6, 6.07) is 0. The molecule has 1 heterocycles. The second-order valence-corrected chi connectivity index (χ2v) is 7.10. The minimum atomic E-state index is -0.0876. The van der Waals surface area contributed by atoms with E-state index in [4.69, 9.17) is 9.73 Å². The van der Waals surface area contributed by atoms with Crippen molar-refractivity contribution in [3.63, 3.8) is 0 Å². The molecule has 1 aliphatic heterocycles. The van der Waals surface area contributed by atoms with Gasteiger partial charge in [0.05, 0.1) is 12.7 Å². The molecule has 0 amide bonds. The second kappa shape index (κ2) is 10.9. The molecule has 0 aromatic rings. The van der Waals surface area contributed by atoms with Gasteiger partial charge in [0.1, 0.15) is 0 Å². The van der Waals surface area contributed by atoms with Gasteiger partial charge in [-0.05, 0) is 51.5 Å². The summed E-state index contributed by atoms with van der Waals surface area (Å²) >= 11 is 0. The van der Waals surface area contributed by atoms with E-state index in [-0.39, 0.29) is 6.10 Å². The fourth-order valence-electron chi connectivity index (χ4n) is 2.93. The maximum absolute atomic E-state index is 9.54. The first-order valence-corrected chi connectivity index (χ1v) is 9.66. The van der Waals surface area contributed by atoms with Gasteiger partial charge in [-0.3, -0.25) is 4.99 Å². The first-order valence-electron chi connectivity index (χ1n) is 9.66. The summed E-state index contributed by atoms with van der Waals surface area (Å²) in [4.78, 5) is 9.33. The van der Waals surface area contributed by atoms with Crippen LogP contribution in [0.15, 0.2) is 4.99 Å². The Labute approximate surface area is 147 Å². The van der Waals surface area contributed by atoms with E-state index >= 15 is 0 Å². The highest BCUT2D eigenvalue weighted by atomic mass is 16.5. The SMILES string of the molecule is CCNC(=NCCCN1CCC(O)CC1)N(C)CCOCC1CC1. The Hall–Kier alpha value is -0.850. The molecule has 0 spiro atoms. The zero-order valence-electron chi connectivity index (χ0n) is 15.5.